The van der Waals surface area contributed by atoms with Crippen LogP contribution in [0.5, 0.6) is 17.2 Å². The highest BCUT2D eigenvalue weighted by atomic mass is 35.5. The molecule has 0 saturated carbocycles. The van der Waals surface area contributed by atoms with E-state index in [0.717, 1.165) is 0 Å². The fourth-order valence-electron chi connectivity index (χ4n) is 4.11. The molecule has 1 atom stereocenters. The second kappa shape index (κ2) is 8.77. The first-order chi connectivity index (χ1) is 15.9. The average Bonchev–Trinajstić information content (AvgIpc) is 3.05. The number of benzene rings is 3. The molecular weight excluding hydrogens is 446 g/mol. The number of fused-ring (bicyclic) bond motifs is 1. The SMILES string of the molecule is COc1ccc(CN2C(=O)C(O)(c3cc(C=O)ccc3OC)c3cc(Cl)ccc32)c(OC)c1. The lowest BCUT2D eigenvalue weighted by Gasteiger charge is -2.26. The fraction of sp³-hybridized carbons (Fsp3) is 0.200. The summed E-state index contributed by atoms with van der Waals surface area (Å²) in [7, 11) is 4.52. The van der Waals surface area contributed by atoms with E-state index in [1.165, 1.54) is 25.2 Å². The number of nitrogens with zero attached hydrogens (tertiary/aromatic N) is 1. The summed E-state index contributed by atoms with van der Waals surface area (Å²) in [4.78, 5) is 26.7. The van der Waals surface area contributed by atoms with Crippen molar-refractivity contribution in [1.29, 1.82) is 0 Å². The maximum Gasteiger partial charge on any atom is 0.268 e. The molecule has 3 aromatic rings. The predicted molar refractivity (Wildman–Crippen MR) is 124 cm³/mol. The van der Waals surface area contributed by atoms with Crippen molar-refractivity contribution in [2.24, 2.45) is 0 Å². The molecule has 0 bridgehead atoms. The zero-order valence-electron chi connectivity index (χ0n) is 18.3. The minimum atomic E-state index is -2.11. The first-order valence-corrected chi connectivity index (χ1v) is 10.4. The molecule has 0 aromatic heterocycles. The Bertz CT molecular complexity index is 1240. The van der Waals surface area contributed by atoms with Crippen molar-refractivity contribution in [3.63, 3.8) is 0 Å². The van der Waals surface area contributed by atoms with E-state index in [-0.39, 0.29) is 17.9 Å². The van der Waals surface area contributed by atoms with Gasteiger partial charge in [-0.2, -0.15) is 0 Å². The molecule has 0 spiro atoms. The smallest absolute Gasteiger partial charge is 0.268 e. The number of amides is 1. The van der Waals surface area contributed by atoms with Gasteiger partial charge < -0.3 is 24.2 Å². The molecular formula is C25H22ClNO6. The van der Waals surface area contributed by atoms with Gasteiger partial charge in [-0.1, -0.05) is 11.6 Å². The Morgan fingerprint density at radius 3 is 2.36 bits per heavy atom. The Labute approximate surface area is 196 Å². The Morgan fingerprint density at radius 1 is 0.939 bits per heavy atom. The van der Waals surface area contributed by atoms with Crippen molar-refractivity contribution in [3.8, 4) is 17.2 Å². The third kappa shape index (κ3) is 3.69. The third-order valence-electron chi connectivity index (χ3n) is 5.77. The second-order valence-electron chi connectivity index (χ2n) is 7.52. The van der Waals surface area contributed by atoms with Crippen LogP contribution in [-0.4, -0.2) is 38.6 Å². The number of hydrogen-bond donors (Lipinski definition) is 1. The molecule has 170 valence electrons. The summed E-state index contributed by atoms with van der Waals surface area (Å²) in [5.74, 6) is 0.821. The lowest BCUT2D eigenvalue weighted by Crippen LogP contribution is -2.41. The van der Waals surface area contributed by atoms with E-state index in [1.807, 2.05) is 0 Å². The van der Waals surface area contributed by atoms with Gasteiger partial charge in [-0.05, 0) is 48.5 Å². The molecule has 1 aliphatic heterocycles. The normalized spacial score (nSPS) is 17.0. The zero-order chi connectivity index (χ0) is 23.8. The molecule has 1 heterocycles. The van der Waals surface area contributed by atoms with E-state index in [4.69, 9.17) is 25.8 Å². The Hall–Kier alpha value is -3.55. The maximum absolute atomic E-state index is 13.8. The minimum absolute atomic E-state index is 0.124. The van der Waals surface area contributed by atoms with Crippen LogP contribution in [0.3, 0.4) is 0 Å². The molecule has 3 aromatic carbocycles. The monoisotopic (exact) mass is 467 g/mol. The van der Waals surface area contributed by atoms with E-state index < -0.39 is 11.5 Å². The van der Waals surface area contributed by atoms with Crippen LogP contribution < -0.4 is 19.1 Å². The van der Waals surface area contributed by atoms with Gasteiger partial charge in [0.05, 0.1) is 33.6 Å². The van der Waals surface area contributed by atoms with E-state index in [9.17, 15) is 14.7 Å². The molecule has 0 radical (unpaired) electrons. The second-order valence-corrected chi connectivity index (χ2v) is 7.95. The Morgan fingerprint density at radius 2 is 1.70 bits per heavy atom. The van der Waals surface area contributed by atoms with Crippen LogP contribution in [0.25, 0.3) is 0 Å². The summed E-state index contributed by atoms with van der Waals surface area (Å²) < 4.78 is 16.2. The van der Waals surface area contributed by atoms with Gasteiger partial charge in [0.2, 0.25) is 0 Å². The van der Waals surface area contributed by atoms with E-state index in [2.05, 4.69) is 0 Å². The molecule has 1 unspecified atom stereocenters. The van der Waals surface area contributed by atoms with Crippen LogP contribution in [0.1, 0.15) is 27.0 Å². The molecule has 7 nitrogen and oxygen atoms in total. The predicted octanol–water partition coefficient (Wildman–Crippen LogP) is 3.96. The van der Waals surface area contributed by atoms with Gasteiger partial charge in [0.1, 0.15) is 23.5 Å². The lowest BCUT2D eigenvalue weighted by molar-refractivity contribution is -0.132. The van der Waals surface area contributed by atoms with Crippen molar-refractivity contribution >= 4 is 29.5 Å². The molecule has 1 aliphatic rings. The zero-order valence-corrected chi connectivity index (χ0v) is 19.1. The largest absolute Gasteiger partial charge is 0.497 e. The van der Waals surface area contributed by atoms with Gasteiger partial charge in [0.15, 0.2) is 5.60 Å². The van der Waals surface area contributed by atoms with Crippen molar-refractivity contribution in [2.45, 2.75) is 12.1 Å². The molecule has 4 rings (SSSR count). The molecule has 1 N–H and O–H groups in total. The van der Waals surface area contributed by atoms with Crippen LogP contribution in [0, 0.1) is 0 Å². The lowest BCUT2D eigenvalue weighted by atomic mass is 9.86. The van der Waals surface area contributed by atoms with Crippen molar-refractivity contribution in [3.05, 3.63) is 81.9 Å². The summed E-state index contributed by atoms with van der Waals surface area (Å²) in [6.45, 7) is 0.124. The molecule has 1 amide bonds. The average molecular weight is 468 g/mol. The van der Waals surface area contributed by atoms with Gasteiger partial charge in [-0.3, -0.25) is 9.59 Å². The van der Waals surface area contributed by atoms with Crippen molar-refractivity contribution in [1.82, 2.24) is 0 Å². The van der Waals surface area contributed by atoms with E-state index in [1.54, 1.807) is 55.6 Å². The number of carbonyl (C=O) groups is 2. The number of rotatable bonds is 7. The van der Waals surface area contributed by atoms with Gasteiger partial charge in [0, 0.05) is 33.3 Å². The number of carbonyl (C=O) groups excluding carboxylic acids is 2. The topological polar surface area (TPSA) is 85.3 Å². The van der Waals surface area contributed by atoms with Crippen LogP contribution in [0.15, 0.2) is 54.6 Å². The quantitative estimate of drug-likeness (QED) is 0.529. The summed E-state index contributed by atoms with van der Waals surface area (Å²) >= 11 is 6.24. The maximum atomic E-state index is 13.8. The molecule has 0 aliphatic carbocycles. The van der Waals surface area contributed by atoms with Crippen molar-refractivity contribution in [2.75, 3.05) is 26.2 Å². The Kier molecular flexibility index (Phi) is 6.01. The summed E-state index contributed by atoms with van der Waals surface area (Å²) in [6.07, 6.45) is 0.643. The molecule has 0 saturated heterocycles. The summed E-state index contributed by atoms with van der Waals surface area (Å²) in [5.41, 5.74) is -0.148. The number of aldehydes is 1. The van der Waals surface area contributed by atoms with Gasteiger partial charge in [0.25, 0.3) is 5.91 Å². The number of halogens is 1. The first kappa shape index (κ1) is 22.6. The Balaban J connectivity index is 1.88. The van der Waals surface area contributed by atoms with Crippen molar-refractivity contribution < 1.29 is 28.9 Å². The minimum Gasteiger partial charge on any atom is -0.497 e. The number of anilines is 1. The standard InChI is InChI=1S/C25H22ClNO6/c1-31-18-7-5-16(23(12-18)33-3)13-27-21-8-6-17(26)11-19(21)25(30,24(27)29)20-10-15(14-28)4-9-22(20)32-2/h4-12,14,30H,13H2,1-3H3. The molecule has 0 fully saturated rings. The van der Waals surface area contributed by atoms with Gasteiger partial charge in [-0.25, -0.2) is 0 Å². The van der Waals surface area contributed by atoms with E-state index in [0.29, 0.717) is 45.2 Å². The highest BCUT2D eigenvalue weighted by Crippen LogP contribution is 2.49. The molecule has 33 heavy (non-hydrogen) atoms. The number of methoxy groups -OCH3 is 3. The highest BCUT2D eigenvalue weighted by molar-refractivity contribution is 6.31. The number of ether oxygens (including phenoxy) is 3. The van der Waals surface area contributed by atoms with Crippen LogP contribution in [0.4, 0.5) is 5.69 Å². The summed E-state index contributed by atoms with van der Waals surface area (Å²) in [5, 5.41) is 12.3. The van der Waals surface area contributed by atoms with E-state index >= 15 is 0 Å². The van der Waals surface area contributed by atoms with Crippen LogP contribution in [0.2, 0.25) is 5.02 Å². The summed E-state index contributed by atoms with van der Waals surface area (Å²) in [6, 6.07) is 14.7. The van der Waals surface area contributed by atoms with Gasteiger partial charge >= 0.3 is 0 Å². The first-order valence-electron chi connectivity index (χ1n) is 10.1. The van der Waals surface area contributed by atoms with Crippen LogP contribution >= 0.6 is 11.6 Å². The third-order valence-corrected chi connectivity index (χ3v) is 6.00. The van der Waals surface area contributed by atoms with Crippen LogP contribution in [-0.2, 0) is 16.9 Å². The highest BCUT2D eigenvalue weighted by Gasteiger charge is 2.52. The molecule has 8 heteroatoms. The fourth-order valence-corrected chi connectivity index (χ4v) is 4.28. The van der Waals surface area contributed by atoms with Gasteiger partial charge in [-0.15, -0.1) is 0 Å². The number of aliphatic hydroxyl groups is 1. The number of hydrogen-bond acceptors (Lipinski definition) is 6.